The molecule has 0 saturated carbocycles. The van der Waals surface area contributed by atoms with Gasteiger partial charge >= 0.3 is 5.69 Å². The summed E-state index contributed by atoms with van der Waals surface area (Å²) in [5.74, 6) is 1.11. The van der Waals surface area contributed by atoms with Crippen molar-refractivity contribution >= 4 is 16.8 Å². The molecule has 2 aromatic rings. The van der Waals surface area contributed by atoms with E-state index in [0.717, 1.165) is 11.0 Å². The molecule has 8 nitrogen and oxygen atoms in total. The van der Waals surface area contributed by atoms with Crippen LogP contribution in [-0.2, 0) is 11.3 Å². The van der Waals surface area contributed by atoms with Gasteiger partial charge < -0.3 is 19.8 Å². The molecule has 0 aliphatic carbocycles. The minimum absolute atomic E-state index is 0.00592. The smallest absolute Gasteiger partial charge is 0.328 e. The summed E-state index contributed by atoms with van der Waals surface area (Å²) in [7, 11) is 2.94. The maximum Gasteiger partial charge on any atom is 0.328 e. The molecule has 1 aromatic carbocycles. The monoisotopic (exact) mass is 363 g/mol. The summed E-state index contributed by atoms with van der Waals surface area (Å²) in [6.45, 7) is 4.73. The number of carbonyl (C=O) groups is 1. The lowest BCUT2D eigenvalue weighted by atomic mass is 10.1. The number of aromatic nitrogens is 2. The highest BCUT2D eigenvalue weighted by atomic mass is 16.5. The van der Waals surface area contributed by atoms with Crippen LogP contribution in [0.5, 0.6) is 11.5 Å². The number of hydrogen-bond acceptors (Lipinski definition) is 5. The first-order valence-electron chi connectivity index (χ1n) is 8.53. The van der Waals surface area contributed by atoms with Crippen LogP contribution in [0.15, 0.2) is 21.7 Å². The van der Waals surface area contributed by atoms with E-state index >= 15 is 0 Å². The fourth-order valence-electron chi connectivity index (χ4n) is 2.58. The first kappa shape index (κ1) is 19.6. The lowest BCUT2D eigenvalue weighted by molar-refractivity contribution is -0.121. The molecule has 0 atom stereocenters. The van der Waals surface area contributed by atoms with Gasteiger partial charge in [-0.3, -0.25) is 14.2 Å². The zero-order chi connectivity index (χ0) is 19.3. The molecule has 0 unspecified atom stereocenters. The van der Waals surface area contributed by atoms with E-state index in [-0.39, 0.29) is 18.9 Å². The van der Waals surface area contributed by atoms with Gasteiger partial charge in [0.15, 0.2) is 11.5 Å². The molecular formula is C18H25N3O5. The van der Waals surface area contributed by atoms with Crippen molar-refractivity contribution in [3.05, 3.63) is 33.0 Å². The Morgan fingerprint density at radius 3 is 2.46 bits per heavy atom. The van der Waals surface area contributed by atoms with E-state index in [4.69, 9.17) is 9.47 Å². The van der Waals surface area contributed by atoms with Gasteiger partial charge in [0, 0.05) is 25.6 Å². The minimum atomic E-state index is -0.565. The second-order valence-corrected chi connectivity index (χ2v) is 6.42. The predicted octanol–water partition coefficient (Wildman–Crippen LogP) is 1.26. The third-order valence-electron chi connectivity index (χ3n) is 4.09. The largest absolute Gasteiger partial charge is 0.493 e. The highest BCUT2D eigenvalue weighted by Crippen LogP contribution is 2.29. The average Bonchev–Trinajstić information content (AvgIpc) is 2.60. The number of methoxy groups -OCH3 is 2. The Labute approximate surface area is 151 Å². The maximum absolute atomic E-state index is 12.6. The average molecular weight is 363 g/mol. The second-order valence-electron chi connectivity index (χ2n) is 6.42. The molecule has 0 aliphatic rings. The molecule has 0 fully saturated rings. The topological polar surface area (TPSA) is 102 Å². The van der Waals surface area contributed by atoms with Crippen molar-refractivity contribution in [2.45, 2.75) is 33.2 Å². The van der Waals surface area contributed by atoms with Gasteiger partial charge in [-0.1, -0.05) is 13.8 Å². The van der Waals surface area contributed by atoms with E-state index in [0.29, 0.717) is 34.9 Å². The predicted molar refractivity (Wildman–Crippen MR) is 99.0 cm³/mol. The molecule has 26 heavy (non-hydrogen) atoms. The number of fused-ring (bicyclic) bond motifs is 1. The molecule has 0 saturated heterocycles. The van der Waals surface area contributed by atoms with Crippen LogP contribution in [0.2, 0.25) is 0 Å². The lowest BCUT2D eigenvalue weighted by Gasteiger charge is -2.11. The lowest BCUT2D eigenvalue weighted by Crippen LogP contribution is -2.37. The molecule has 2 rings (SSSR count). The van der Waals surface area contributed by atoms with Gasteiger partial charge in [-0.25, -0.2) is 4.79 Å². The number of aromatic amines is 1. The standard InChI is InChI=1S/C18H25N3O5/c1-11(2)5-7-19-16(22)6-8-21-17(23)12-9-14(25-3)15(26-4)10-13(12)20-18(21)24/h9-11H,5-8H2,1-4H3,(H,19,22)(H,20,24). The second kappa shape index (κ2) is 8.55. The van der Waals surface area contributed by atoms with Crippen molar-refractivity contribution in [3.8, 4) is 11.5 Å². The Hall–Kier alpha value is -2.77. The van der Waals surface area contributed by atoms with Gasteiger partial charge in [-0.05, 0) is 18.4 Å². The van der Waals surface area contributed by atoms with Crippen molar-refractivity contribution in [3.63, 3.8) is 0 Å². The molecule has 142 valence electrons. The molecule has 0 spiro atoms. The molecule has 2 N–H and O–H groups in total. The van der Waals surface area contributed by atoms with Crippen LogP contribution >= 0.6 is 0 Å². The van der Waals surface area contributed by atoms with Gasteiger partial charge in [-0.2, -0.15) is 0 Å². The summed E-state index contributed by atoms with van der Waals surface area (Å²) in [5.41, 5.74) is -0.681. The quantitative estimate of drug-likeness (QED) is 0.735. The number of carbonyl (C=O) groups excluding carboxylic acids is 1. The van der Waals surface area contributed by atoms with E-state index in [1.165, 1.54) is 20.3 Å². The summed E-state index contributed by atoms with van der Waals surface area (Å²) >= 11 is 0. The van der Waals surface area contributed by atoms with Gasteiger partial charge in [0.05, 0.1) is 25.1 Å². The molecule has 1 aromatic heterocycles. The van der Waals surface area contributed by atoms with Crippen molar-refractivity contribution in [1.82, 2.24) is 14.9 Å². The number of amides is 1. The Morgan fingerprint density at radius 2 is 1.85 bits per heavy atom. The number of hydrogen-bond donors (Lipinski definition) is 2. The zero-order valence-electron chi connectivity index (χ0n) is 15.5. The Kier molecular flexibility index (Phi) is 6.43. The van der Waals surface area contributed by atoms with Crippen LogP contribution in [0.1, 0.15) is 26.7 Å². The van der Waals surface area contributed by atoms with E-state index in [1.54, 1.807) is 6.07 Å². The fraction of sp³-hybridized carbons (Fsp3) is 0.500. The molecular weight excluding hydrogens is 338 g/mol. The molecule has 0 bridgehead atoms. The SMILES string of the molecule is COc1cc2[nH]c(=O)n(CCC(=O)NCCC(C)C)c(=O)c2cc1OC. The van der Waals surface area contributed by atoms with Crippen LogP contribution in [0.25, 0.3) is 10.9 Å². The number of nitrogens with one attached hydrogen (secondary N) is 2. The number of benzene rings is 1. The van der Waals surface area contributed by atoms with Crippen LogP contribution < -0.4 is 26.0 Å². The summed E-state index contributed by atoms with van der Waals surface area (Å²) in [6, 6.07) is 3.06. The normalized spacial score (nSPS) is 11.0. The van der Waals surface area contributed by atoms with Crippen LogP contribution in [0.3, 0.4) is 0 Å². The van der Waals surface area contributed by atoms with Crippen molar-refractivity contribution in [2.24, 2.45) is 5.92 Å². The summed E-state index contributed by atoms with van der Waals surface area (Å²) in [5, 5.41) is 3.08. The van der Waals surface area contributed by atoms with Crippen molar-refractivity contribution < 1.29 is 14.3 Å². The molecule has 1 amide bonds. The molecule has 1 heterocycles. The van der Waals surface area contributed by atoms with E-state index in [9.17, 15) is 14.4 Å². The van der Waals surface area contributed by atoms with Crippen LogP contribution in [0, 0.1) is 5.92 Å². The Morgan fingerprint density at radius 1 is 1.19 bits per heavy atom. The third-order valence-corrected chi connectivity index (χ3v) is 4.09. The van der Waals surface area contributed by atoms with Gasteiger partial charge in [0.2, 0.25) is 5.91 Å². The summed E-state index contributed by atoms with van der Waals surface area (Å²) < 4.78 is 11.4. The van der Waals surface area contributed by atoms with E-state index in [2.05, 4.69) is 24.1 Å². The number of nitrogens with zero attached hydrogens (tertiary/aromatic N) is 1. The minimum Gasteiger partial charge on any atom is -0.493 e. The molecule has 0 aliphatic heterocycles. The first-order chi connectivity index (χ1) is 12.4. The van der Waals surface area contributed by atoms with Crippen molar-refractivity contribution in [2.75, 3.05) is 20.8 Å². The fourth-order valence-corrected chi connectivity index (χ4v) is 2.58. The Balaban J connectivity index is 2.24. The highest BCUT2D eigenvalue weighted by Gasteiger charge is 2.13. The summed E-state index contributed by atoms with van der Waals surface area (Å²) in [4.78, 5) is 39.4. The van der Waals surface area contributed by atoms with Gasteiger partial charge in [-0.15, -0.1) is 0 Å². The van der Waals surface area contributed by atoms with Crippen LogP contribution in [0.4, 0.5) is 0 Å². The number of ether oxygens (including phenoxy) is 2. The third kappa shape index (κ3) is 4.44. The maximum atomic E-state index is 12.6. The number of H-pyrrole nitrogens is 1. The zero-order valence-corrected chi connectivity index (χ0v) is 15.5. The van der Waals surface area contributed by atoms with E-state index in [1.807, 2.05) is 0 Å². The Bertz CT molecular complexity index is 898. The first-order valence-corrected chi connectivity index (χ1v) is 8.53. The molecule has 8 heteroatoms. The van der Waals surface area contributed by atoms with Gasteiger partial charge in [0.1, 0.15) is 0 Å². The highest BCUT2D eigenvalue weighted by molar-refractivity contribution is 5.81. The van der Waals surface area contributed by atoms with Gasteiger partial charge in [0.25, 0.3) is 5.56 Å². The van der Waals surface area contributed by atoms with Crippen molar-refractivity contribution in [1.29, 1.82) is 0 Å². The van der Waals surface area contributed by atoms with E-state index < -0.39 is 11.2 Å². The summed E-state index contributed by atoms with van der Waals surface area (Å²) in [6.07, 6.45) is 0.934. The van der Waals surface area contributed by atoms with Crippen LogP contribution in [-0.4, -0.2) is 36.2 Å². The molecule has 0 radical (unpaired) electrons. The number of rotatable bonds is 8.